The Kier molecular flexibility index (Phi) is 5.24. The molecule has 1 aliphatic rings. The summed E-state index contributed by atoms with van der Waals surface area (Å²) in [6.45, 7) is 2.47. The second-order valence-electron chi connectivity index (χ2n) is 5.20. The van der Waals surface area contributed by atoms with E-state index in [1.807, 2.05) is 0 Å². The molecule has 5 nitrogen and oxygen atoms in total. The first-order chi connectivity index (χ1) is 9.69. The summed E-state index contributed by atoms with van der Waals surface area (Å²) in [7, 11) is 1.57. The Labute approximate surface area is 120 Å². The molecule has 0 radical (unpaired) electrons. The predicted octanol–water partition coefficient (Wildman–Crippen LogP) is 2.09. The van der Waals surface area contributed by atoms with E-state index < -0.39 is 0 Å². The van der Waals surface area contributed by atoms with Crippen molar-refractivity contribution in [2.75, 3.05) is 37.8 Å². The third-order valence-corrected chi connectivity index (χ3v) is 3.58. The molecular weight excluding hydrogens is 254 g/mol. The van der Waals surface area contributed by atoms with Gasteiger partial charge in [-0.3, -0.25) is 9.69 Å². The van der Waals surface area contributed by atoms with Gasteiger partial charge in [0.1, 0.15) is 5.75 Å². The van der Waals surface area contributed by atoms with E-state index in [4.69, 9.17) is 10.5 Å². The highest BCUT2D eigenvalue weighted by molar-refractivity contribution is 5.92. The molecule has 110 valence electrons. The van der Waals surface area contributed by atoms with Crippen LogP contribution >= 0.6 is 0 Å². The molecule has 0 bridgehead atoms. The lowest BCUT2D eigenvalue weighted by atomic mass is 10.2. The molecule has 0 unspecified atom stereocenters. The maximum absolute atomic E-state index is 12.0. The van der Waals surface area contributed by atoms with Gasteiger partial charge >= 0.3 is 0 Å². The Hall–Kier alpha value is -1.75. The molecule has 0 aromatic heterocycles. The van der Waals surface area contributed by atoms with Crippen LogP contribution in [-0.2, 0) is 4.79 Å². The number of carbonyl (C=O) groups is 1. The molecule has 0 spiro atoms. The van der Waals surface area contributed by atoms with Crippen LogP contribution in [0, 0.1) is 0 Å². The Balaban J connectivity index is 1.88. The molecule has 5 heteroatoms. The second-order valence-corrected chi connectivity index (χ2v) is 5.20. The summed E-state index contributed by atoms with van der Waals surface area (Å²) >= 11 is 0. The Bertz CT molecular complexity index is 454. The lowest BCUT2D eigenvalue weighted by Gasteiger charge is -2.19. The summed E-state index contributed by atoms with van der Waals surface area (Å²) in [6, 6.07) is 5.28. The zero-order chi connectivity index (χ0) is 14.4. The van der Waals surface area contributed by atoms with Crippen molar-refractivity contribution in [1.82, 2.24) is 4.90 Å². The van der Waals surface area contributed by atoms with Gasteiger partial charge in [0, 0.05) is 5.69 Å². The third-order valence-electron chi connectivity index (χ3n) is 3.58. The van der Waals surface area contributed by atoms with Gasteiger partial charge in [0.15, 0.2) is 0 Å². The fourth-order valence-corrected chi connectivity index (χ4v) is 2.51. The number of hydrogen-bond acceptors (Lipinski definition) is 4. The lowest BCUT2D eigenvalue weighted by molar-refractivity contribution is -0.117. The number of nitrogens with two attached hydrogens (primary N) is 1. The van der Waals surface area contributed by atoms with Crippen molar-refractivity contribution in [1.29, 1.82) is 0 Å². The van der Waals surface area contributed by atoms with Gasteiger partial charge in [0.05, 0.1) is 19.3 Å². The van der Waals surface area contributed by atoms with Gasteiger partial charge in [-0.2, -0.15) is 0 Å². The molecular formula is C15H23N3O2. The standard InChI is InChI=1S/C15H23N3O2/c1-20-14-7-6-12(10-13(14)16)17-15(19)11-18-8-4-2-3-5-9-18/h6-7,10H,2-5,8-9,11,16H2,1H3,(H,17,19). The van der Waals surface area contributed by atoms with Crippen molar-refractivity contribution in [3.05, 3.63) is 18.2 Å². The molecule has 1 amide bonds. The maximum atomic E-state index is 12.0. The van der Waals surface area contributed by atoms with Crippen LogP contribution in [0.1, 0.15) is 25.7 Å². The fraction of sp³-hybridized carbons (Fsp3) is 0.533. The van der Waals surface area contributed by atoms with Crippen LogP contribution in [0.4, 0.5) is 11.4 Å². The highest BCUT2D eigenvalue weighted by Gasteiger charge is 2.13. The molecule has 0 aliphatic carbocycles. The fourth-order valence-electron chi connectivity index (χ4n) is 2.51. The van der Waals surface area contributed by atoms with Crippen molar-refractivity contribution < 1.29 is 9.53 Å². The van der Waals surface area contributed by atoms with Crippen molar-refractivity contribution in [3.63, 3.8) is 0 Å². The number of benzene rings is 1. The van der Waals surface area contributed by atoms with Crippen LogP contribution in [0.5, 0.6) is 5.75 Å². The van der Waals surface area contributed by atoms with E-state index in [9.17, 15) is 4.79 Å². The quantitative estimate of drug-likeness (QED) is 0.827. The summed E-state index contributed by atoms with van der Waals surface area (Å²) in [4.78, 5) is 14.3. The number of likely N-dealkylation sites (tertiary alicyclic amines) is 1. The minimum absolute atomic E-state index is 0.0106. The molecule has 20 heavy (non-hydrogen) atoms. The van der Waals surface area contributed by atoms with E-state index in [-0.39, 0.29) is 5.91 Å². The number of carbonyl (C=O) groups excluding carboxylic acids is 1. The van der Waals surface area contributed by atoms with Crippen molar-refractivity contribution >= 4 is 17.3 Å². The van der Waals surface area contributed by atoms with E-state index in [2.05, 4.69) is 10.2 Å². The number of methoxy groups -OCH3 is 1. The summed E-state index contributed by atoms with van der Waals surface area (Å²) in [6.07, 6.45) is 4.91. The SMILES string of the molecule is COc1ccc(NC(=O)CN2CCCCCC2)cc1N. The minimum Gasteiger partial charge on any atom is -0.495 e. The summed E-state index contributed by atoms with van der Waals surface area (Å²) in [5.41, 5.74) is 7.06. The van der Waals surface area contributed by atoms with E-state index in [1.165, 1.54) is 25.7 Å². The Morgan fingerprint density at radius 3 is 2.60 bits per heavy atom. The molecule has 1 aromatic carbocycles. The average molecular weight is 277 g/mol. The van der Waals surface area contributed by atoms with Gasteiger partial charge < -0.3 is 15.8 Å². The highest BCUT2D eigenvalue weighted by atomic mass is 16.5. The molecule has 1 aliphatic heterocycles. The molecule has 0 atom stereocenters. The van der Waals surface area contributed by atoms with Gasteiger partial charge in [-0.25, -0.2) is 0 Å². The first-order valence-corrected chi connectivity index (χ1v) is 7.15. The average Bonchev–Trinajstić information content (AvgIpc) is 2.67. The topological polar surface area (TPSA) is 67.6 Å². The lowest BCUT2D eigenvalue weighted by Crippen LogP contribution is -2.33. The second kappa shape index (κ2) is 7.14. The molecule has 3 N–H and O–H groups in total. The molecule has 1 saturated heterocycles. The van der Waals surface area contributed by atoms with Crippen molar-refractivity contribution in [2.45, 2.75) is 25.7 Å². The zero-order valence-corrected chi connectivity index (χ0v) is 12.0. The van der Waals surface area contributed by atoms with Gasteiger partial charge in [0.2, 0.25) is 5.91 Å². The maximum Gasteiger partial charge on any atom is 0.238 e. The largest absolute Gasteiger partial charge is 0.495 e. The van der Waals surface area contributed by atoms with Crippen molar-refractivity contribution in [3.8, 4) is 5.75 Å². The van der Waals surface area contributed by atoms with Gasteiger partial charge in [-0.1, -0.05) is 12.8 Å². The first-order valence-electron chi connectivity index (χ1n) is 7.15. The minimum atomic E-state index is 0.0106. The van der Waals surface area contributed by atoms with E-state index >= 15 is 0 Å². The van der Waals surface area contributed by atoms with Gasteiger partial charge in [0.25, 0.3) is 0 Å². The number of amides is 1. The number of nitrogens with zero attached hydrogens (tertiary/aromatic N) is 1. The third kappa shape index (κ3) is 4.13. The molecule has 1 fully saturated rings. The highest BCUT2D eigenvalue weighted by Crippen LogP contribution is 2.24. The van der Waals surface area contributed by atoms with Crippen LogP contribution in [0.2, 0.25) is 0 Å². The Morgan fingerprint density at radius 1 is 1.30 bits per heavy atom. The summed E-state index contributed by atoms with van der Waals surface area (Å²) in [5.74, 6) is 0.631. The van der Waals surface area contributed by atoms with Crippen LogP contribution in [0.3, 0.4) is 0 Å². The van der Waals surface area contributed by atoms with Crippen LogP contribution in [-0.4, -0.2) is 37.6 Å². The summed E-state index contributed by atoms with van der Waals surface area (Å²) < 4.78 is 5.09. The van der Waals surface area contributed by atoms with E-state index in [0.29, 0.717) is 23.7 Å². The zero-order valence-electron chi connectivity index (χ0n) is 12.0. The van der Waals surface area contributed by atoms with Crippen molar-refractivity contribution in [2.24, 2.45) is 0 Å². The number of hydrogen-bond donors (Lipinski definition) is 2. The predicted molar refractivity (Wildman–Crippen MR) is 80.9 cm³/mol. The van der Waals surface area contributed by atoms with Gasteiger partial charge in [-0.05, 0) is 44.1 Å². The number of nitrogen functional groups attached to an aromatic ring is 1. The number of nitrogens with one attached hydrogen (secondary N) is 1. The van der Waals surface area contributed by atoms with Crippen LogP contribution in [0.25, 0.3) is 0 Å². The monoisotopic (exact) mass is 277 g/mol. The van der Waals surface area contributed by atoms with Crippen LogP contribution < -0.4 is 15.8 Å². The number of rotatable bonds is 4. The van der Waals surface area contributed by atoms with E-state index in [0.717, 1.165) is 13.1 Å². The molecule has 0 saturated carbocycles. The van der Waals surface area contributed by atoms with Gasteiger partial charge in [-0.15, -0.1) is 0 Å². The van der Waals surface area contributed by atoms with E-state index in [1.54, 1.807) is 25.3 Å². The Morgan fingerprint density at radius 2 is 2.00 bits per heavy atom. The molecule has 2 rings (SSSR count). The first kappa shape index (κ1) is 14.7. The molecule has 1 aromatic rings. The molecule has 1 heterocycles. The smallest absolute Gasteiger partial charge is 0.238 e. The normalized spacial score (nSPS) is 16.4. The number of ether oxygens (including phenoxy) is 1. The summed E-state index contributed by atoms with van der Waals surface area (Å²) in [5, 5.41) is 2.89. The van der Waals surface area contributed by atoms with Crippen LogP contribution in [0.15, 0.2) is 18.2 Å². The number of anilines is 2.